The average molecular weight is 356 g/mol. The van der Waals surface area contributed by atoms with Gasteiger partial charge in [0.05, 0.1) is 0 Å². The number of rotatable bonds is 3. The first-order valence-electron chi connectivity index (χ1n) is 9.64. The minimum Gasteiger partial charge on any atom is -0.0622 e. The van der Waals surface area contributed by atoms with Crippen LogP contribution in [0.25, 0.3) is 22.8 Å². The molecule has 0 spiro atoms. The summed E-state index contributed by atoms with van der Waals surface area (Å²) in [5.41, 5.74) is 10.2. The molecule has 0 N–H and O–H groups in total. The zero-order chi connectivity index (χ0) is 18.8. The largest absolute Gasteiger partial charge is 0.0622 e. The Balaban J connectivity index is 1.85. The van der Waals surface area contributed by atoms with Gasteiger partial charge in [-0.2, -0.15) is 0 Å². The summed E-state index contributed by atoms with van der Waals surface area (Å²) >= 11 is 0. The van der Waals surface area contributed by atoms with E-state index in [1.54, 1.807) is 0 Å². The van der Waals surface area contributed by atoms with E-state index in [-0.39, 0.29) is 0 Å². The first-order valence-corrected chi connectivity index (χ1v) is 9.64. The summed E-state index contributed by atoms with van der Waals surface area (Å²) in [6.07, 6.45) is 2.32. The lowest BCUT2D eigenvalue weighted by Crippen LogP contribution is -1.89. The molecule has 1 aliphatic carbocycles. The van der Waals surface area contributed by atoms with Crippen molar-refractivity contribution in [2.45, 2.75) is 0 Å². The molecule has 0 amide bonds. The van der Waals surface area contributed by atoms with Crippen LogP contribution >= 0.6 is 0 Å². The fourth-order valence-corrected chi connectivity index (χ4v) is 4.02. The molecule has 5 rings (SSSR count). The molecule has 0 nitrogen and oxygen atoms in total. The normalized spacial score (nSPS) is 14.4. The van der Waals surface area contributed by atoms with Crippen molar-refractivity contribution in [2.75, 3.05) is 0 Å². The molecule has 28 heavy (non-hydrogen) atoms. The highest BCUT2D eigenvalue weighted by molar-refractivity contribution is 6.27. The van der Waals surface area contributed by atoms with E-state index in [9.17, 15) is 0 Å². The van der Waals surface area contributed by atoms with Crippen LogP contribution in [0.2, 0.25) is 0 Å². The van der Waals surface area contributed by atoms with Gasteiger partial charge in [0.25, 0.3) is 0 Å². The fourth-order valence-electron chi connectivity index (χ4n) is 4.02. The molecule has 0 fully saturated rings. The quantitative estimate of drug-likeness (QED) is 0.364. The maximum atomic E-state index is 2.32. The fraction of sp³-hybridized carbons (Fsp3) is 0. The minimum atomic E-state index is 1.22. The van der Waals surface area contributed by atoms with Crippen molar-refractivity contribution >= 4 is 22.8 Å². The zero-order valence-corrected chi connectivity index (χ0v) is 15.5. The van der Waals surface area contributed by atoms with Crippen molar-refractivity contribution in [3.63, 3.8) is 0 Å². The molecule has 0 bridgehead atoms. The van der Waals surface area contributed by atoms with Crippen molar-refractivity contribution < 1.29 is 0 Å². The van der Waals surface area contributed by atoms with Crippen LogP contribution in [-0.4, -0.2) is 0 Å². The van der Waals surface area contributed by atoms with Crippen molar-refractivity contribution in [1.82, 2.24) is 0 Å². The lowest BCUT2D eigenvalue weighted by atomic mass is 9.92. The molecule has 0 saturated carbocycles. The predicted molar refractivity (Wildman–Crippen MR) is 120 cm³/mol. The Bertz CT molecular complexity index is 1160. The van der Waals surface area contributed by atoms with Gasteiger partial charge in [-0.3, -0.25) is 0 Å². The molecule has 0 saturated heterocycles. The summed E-state index contributed by atoms with van der Waals surface area (Å²) in [7, 11) is 0. The van der Waals surface area contributed by atoms with Crippen molar-refractivity contribution in [1.29, 1.82) is 0 Å². The van der Waals surface area contributed by atoms with Crippen LogP contribution in [0.15, 0.2) is 115 Å². The van der Waals surface area contributed by atoms with Crippen molar-refractivity contribution in [3.05, 3.63) is 143 Å². The van der Waals surface area contributed by atoms with E-state index < -0.39 is 0 Å². The van der Waals surface area contributed by atoms with Crippen LogP contribution in [-0.2, 0) is 0 Å². The highest BCUT2D eigenvalue weighted by atomic mass is 14.3. The standard InChI is InChI=1S/C28H20/c1-4-12-21(13-5-1)20-26-24-18-10-11-19-25(24)27(22-14-6-2-7-15-22)28(26)23-16-8-3-9-17-23/h1-20H/b26-20+. The summed E-state index contributed by atoms with van der Waals surface area (Å²) in [6, 6.07) is 40.8. The predicted octanol–water partition coefficient (Wildman–Crippen LogP) is 7.20. The Labute approximate surface area is 166 Å². The van der Waals surface area contributed by atoms with Crippen LogP contribution in [0.3, 0.4) is 0 Å². The second-order valence-electron chi connectivity index (χ2n) is 7.00. The Hall–Kier alpha value is -3.64. The number of hydrogen-bond acceptors (Lipinski definition) is 0. The molecule has 0 unspecified atom stereocenters. The molecule has 4 aromatic rings. The third-order valence-corrected chi connectivity index (χ3v) is 5.24. The van der Waals surface area contributed by atoms with Crippen molar-refractivity contribution in [3.8, 4) is 0 Å². The summed E-state index contributed by atoms with van der Waals surface area (Å²) in [6.45, 7) is 0. The van der Waals surface area contributed by atoms with Gasteiger partial charge in [0.15, 0.2) is 0 Å². The summed E-state index contributed by atoms with van der Waals surface area (Å²) in [4.78, 5) is 0. The average Bonchev–Trinajstić information content (AvgIpc) is 3.10. The van der Waals surface area contributed by atoms with Gasteiger partial charge in [-0.1, -0.05) is 115 Å². The Morgan fingerprint density at radius 3 is 1.46 bits per heavy atom. The van der Waals surface area contributed by atoms with E-state index in [2.05, 4.69) is 121 Å². The summed E-state index contributed by atoms with van der Waals surface area (Å²) < 4.78 is 0. The smallest absolute Gasteiger partial charge is 0.00201 e. The molecule has 0 heterocycles. The van der Waals surface area contributed by atoms with E-state index in [1.165, 1.54) is 44.5 Å². The monoisotopic (exact) mass is 356 g/mol. The van der Waals surface area contributed by atoms with Crippen LogP contribution in [0.1, 0.15) is 27.8 Å². The second-order valence-corrected chi connectivity index (χ2v) is 7.00. The lowest BCUT2D eigenvalue weighted by Gasteiger charge is -2.11. The van der Waals surface area contributed by atoms with Gasteiger partial charge in [-0.15, -0.1) is 0 Å². The molecule has 0 heteroatoms. The third-order valence-electron chi connectivity index (χ3n) is 5.24. The summed E-state index contributed by atoms with van der Waals surface area (Å²) in [5, 5.41) is 0. The van der Waals surface area contributed by atoms with Gasteiger partial charge in [0, 0.05) is 0 Å². The number of hydrogen-bond donors (Lipinski definition) is 0. The van der Waals surface area contributed by atoms with Gasteiger partial charge < -0.3 is 0 Å². The number of benzene rings is 4. The highest BCUT2D eigenvalue weighted by Crippen LogP contribution is 2.49. The van der Waals surface area contributed by atoms with Gasteiger partial charge in [0.2, 0.25) is 0 Å². The molecule has 0 aliphatic heterocycles. The molecule has 0 radical (unpaired) electrons. The van der Waals surface area contributed by atoms with E-state index in [0.717, 1.165) is 0 Å². The van der Waals surface area contributed by atoms with Crippen molar-refractivity contribution in [2.24, 2.45) is 0 Å². The van der Waals surface area contributed by atoms with Gasteiger partial charge in [-0.25, -0.2) is 0 Å². The van der Waals surface area contributed by atoms with E-state index in [1.807, 2.05) is 0 Å². The highest BCUT2D eigenvalue weighted by Gasteiger charge is 2.27. The van der Waals surface area contributed by atoms with E-state index >= 15 is 0 Å². The SMILES string of the molecule is C(=C1\C(c2ccccc2)=C(c2ccccc2)c2ccccc21)/c1ccccc1. The molecular formula is C28H20. The molecule has 0 atom stereocenters. The third kappa shape index (κ3) is 2.90. The number of fused-ring (bicyclic) bond motifs is 1. The molecule has 132 valence electrons. The summed E-state index contributed by atoms with van der Waals surface area (Å²) in [5.74, 6) is 0. The second kappa shape index (κ2) is 7.17. The number of allylic oxidation sites excluding steroid dienone is 2. The van der Waals surface area contributed by atoms with E-state index in [0.29, 0.717) is 0 Å². The van der Waals surface area contributed by atoms with Gasteiger partial charge in [0.1, 0.15) is 0 Å². The Morgan fingerprint density at radius 1 is 0.393 bits per heavy atom. The first kappa shape index (κ1) is 16.5. The first-order chi connectivity index (χ1) is 13.9. The molecule has 0 aromatic heterocycles. The van der Waals surface area contributed by atoms with Gasteiger partial charge >= 0.3 is 0 Å². The van der Waals surface area contributed by atoms with Crippen LogP contribution in [0.5, 0.6) is 0 Å². The van der Waals surface area contributed by atoms with Crippen LogP contribution < -0.4 is 0 Å². The molecule has 4 aromatic carbocycles. The Kier molecular flexibility index (Phi) is 4.23. The maximum Gasteiger partial charge on any atom is -0.00201 e. The molecular weight excluding hydrogens is 336 g/mol. The minimum absolute atomic E-state index is 1.22. The van der Waals surface area contributed by atoms with Crippen LogP contribution in [0.4, 0.5) is 0 Å². The topological polar surface area (TPSA) is 0 Å². The van der Waals surface area contributed by atoms with Gasteiger partial charge in [-0.05, 0) is 50.6 Å². The lowest BCUT2D eigenvalue weighted by molar-refractivity contribution is 1.55. The van der Waals surface area contributed by atoms with E-state index in [4.69, 9.17) is 0 Å². The maximum absolute atomic E-state index is 2.32. The van der Waals surface area contributed by atoms with Crippen LogP contribution in [0, 0.1) is 0 Å². The zero-order valence-electron chi connectivity index (χ0n) is 15.5. The Morgan fingerprint density at radius 2 is 0.857 bits per heavy atom. The molecule has 1 aliphatic rings.